The molecule has 11 rings (SSSR count). The largest absolute Gasteiger partial charge is 0.508 e. The fourth-order valence-electron chi connectivity index (χ4n) is 12.1. The number of piperidine rings is 3. The Bertz CT molecular complexity index is 2950. The van der Waals surface area contributed by atoms with Crippen LogP contribution in [0.25, 0.3) is 32.9 Å². The van der Waals surface area contributed by atoms with Gasteiger partial charge in [0.2, 0.25) is 5.91 Å². The lowest BCUT2D eigenvalue weighted by molar-refractivity contribution is -0.126. The van der Waals surface area contributed by atoms with Gasteiger partial charge in [-0.3, -0.25) is 19.5 Å². The molecule has 6 aliphatic rings. The average Bonchev–Trinajstić information content (AvgIpc) is 4.04. The van der Waals surface area contributed by atoms with Gasteiger partial charge in [0, 0.05) is 93.0 Å². The van der Waals surface area contributed by atoms with Gasteiger partial charge in [0.1, 0.15) is 34.6 Å². The Morgan fingerprint density at radius 1 is 0.887 bits per heavy atom. The Balaban J connectivity index is 0.733. The highest BCUT2D eigenvalue weighted by Crippen LogP contribution is 2.48. The van der Waals surface area contributed by atoms with Crippen LogP contribution >= 0.6 is 0 Å². The summed E-state index contributed by atoms with van der Waals surface area (Å²) in [5, 5.41) is 26.1. The van der Waals surface area contributed by atoms with E-state index in [-0.39, 0.29) is 51.2 Å². The normalized spacial score (nSPS) is 23.7. The van der Waals surface area contributed by atoms with Crippen molar-refractivity contribution in [2.75, 3.05) is 81.9 Å². The van der Waals surface area contributed by atoms with Crippen LogP contribution in [0.5, 0.6) is 11.8 Å². The molecule has 0 unspecified atom stereocenters. The summed E-state index contributed by atoms with van der Waals surface area (Å²) in [4.78, 5) is 51.5. The monoisotopic (exact) mass is 970 g/mol. The van der Waals surface area contributed by atoms with E-state index in [2.05, 4.69) is 50.6 Å². The molecule has 14 nitrogen and oxygen atoms in total. The molecule has 1 saturated carbocycles. The van der Waals surface area contributed by atoms with Gasteiger partial charge in [0.25, 0.3) is 5.91 Å². The highest BCUT2D eigenvalue weighted by atomic mass is 19.1. The molecule has 16 heteroatoms. The highest BCUT2D eigenvalue weighted by molar-refractivity contribution is 6.03. The number of nitrogens with zero attached hydrogens (tertiary/aromatic N) is 8. The number of aromatic hydroxyl groups is 1. The van der Waals surface area contributed by atoms with E-state index in [1.165, 1.54) is 18.3 Å². The Hall–Kier alpha value is -5.97. The van der Waals surface area contributed by atoms with Gasteiger partial charge < -0.3 is 39.9 Å². The van der Waals surface area contributed by atoms with Crippen LogP contribution in [-0.2, 0) is 17.8 Å². The van der Waals surface area contributed by atoms with Crippen molar-refractivity contribution in [1.29, 1.82) is 0 Å². The van der Waals surface area contributed by atoms with Gasteiger partial charge in [-0.1, -0.05) is 26.5 Å². The molecule has 5 aromatic rings. The molecule has 5 fully saturated rings. The predicted octanol–water partition coefficient (Wildman–Crippen LogP) is 7.57. The molecule has 0 bridgehead atoms. The summed E-state index contributed by atoms with van der Waals surface area (Å²) in [5.74, 6) is -0.993. The van der Waals surface area contributed by atoms with E-state index in [1.54, 1.807) is 24.0 Å². The van der Waals surface area contributed by atoms with E-state index in [0.717, 1.165) is 95.7 Å². The molecule has 71 heavy (non-hydrogen) atoms. The molecule has 3 aromatic carbocycles. The second kappa shape index (κ2) is 18.3. The van der Waals surface area contributed by atoms with Crippen LogP contribution in [0.1, 0.15) is 93.6 Å². The number of phenols is 1. The van der Waals surface area contributed by atoms with Crippen LogP contribution < -0.4 is 19.9 Å². The molecule has 2 atom stereocenters. The SMILES string of the molecule is C=C1CC[C@H](N2Cc3cc(N4CCN(CC5(C)CCN(CC6(COc7nc(N8CCC[C@@](C)(O)C8)c8cnc(-c9cc(O)cc%10ccc(F)c(CC)c9%10)c(F)c8n7)CC6)CC5)CC4)ccc3C2=O)C(=O)N1. The first-order valence-corrected chi connectivity index (χ1v) is 25.6. The maximum Gasteiger partial charge on any atom is 0.319 e. The van der Waals surface area contributed by atoms with Crippen molar-refractivity contribution in [3.63, 3.8) is 0 Å². The van der Waals surface area contributed by atoms with E-state index in [1.807, 2.05) is 17.9 Å². The second-order valence-corrected chi connectivity index (χ2v) is 22.1. The van der Waals surface area contributed by atoms with Crippen LogP contribution in [0, 0.1) is 22.5 Å². The summed E-state index contributed by atoms with van der Waals surface area (Å²) in [5.41, 5.74) is 3.33. The molecule has 0 radical (unpaired) electrons. The summed E-state index contributed by atoms with van der Waals surface area (Å²) in [6, 6.07) is 11.6. The number of hydrogen-bond donors (Lipinski definition) is 3. The predicted molar refractivity (Wildman–Crippen MR) is 270 cm³/mol. The van der Waals surface area contributed by atoms with Gasteiger partial charge in [-0.2, -0.15) is 9.97 Å². The molecule has 374 valence electrons. The molecule has 2 aromatic heterocycles. The van der Waals surface area contributed by atoms with Gasteiger partial charge in [-0.05, 0) is 142 Å². The third-order valence-corrected chi connectivity index (χ3v) is 16.4. The summed E-state index contributed by atoms with van der Waals surface area (Å²) in [6.45, 7) is 19.4. The number of anilines is 2. The van der Waals surface area contributed by atoms with Crippen molar-refractivity contribution >= 4 is 45.0 Å². The van der Waals surface area contributed by atoms with Gasteiger partial charge >= 0.3 is 6.01 Å². The number of fused-ring (bicyclic) bond motifs is 3. The van der Waals surface area contributed by atoms with E-state index >= 15 is 8.78 Å². The summed E-state index contributed by atoms with van der Waals surface area (Å²) in [7, 11) is 0. The number of hydrogen-bond acceptors (Lipinski definition) is 12. The number of nitrogens with one attached hydrogen (secondary N) is 1. The van der Waals surface area contributed by atoms with Crippen LogP contribution in [0.2, 0.25) is 0 Å². The summed E-state index contributed by atoms with van der Waals surface area (Å²) < 4.78 is 38.8. The topological polar surface area (TPSA) is 151 Å². The number of piperazine rings is 1. The van der Waals surface area contributed by atoms with Crippen molar-refractivity contribution in [2.45, 2.75) is 96.7 Å². The lowest BCUT2D eigenvalue weighted by Gasteiger charge is -2.45. The minimum absolute atomic E-state index is 0.0140. The van der Waals surface area contributed by atoms with Gasteiger partial charge in [-0.15, -0.1) is 0 Å². The third kappa shape index (κ3) is 9.27. The summed E-state index contributed by atoms with van der Waals surface area (Å²) >= 11 is 0. The molecule has 2 amide bonds. The fraction of sp³-hybridized carbons (Fsp3) is 0.509. The number of carbonyl (C=O) groups is 2. The van der Waals surface area contributed by atoms with E-state index in [4.69, 9.17) is 14.7 Å². The number of benzene rings is 3. The maximum absolute atomic E-state index is 17.2. The number of carbonyl (C=O) groups excluding carboxylic acids is 2. The number of allylic oxidation sites excluding steroid dienone is 1. The fourth-order valence-corrected chi connectivity index (χ4v) is 12.1. The molecule has 5 aliphatic heterocycles. The first kappa shape index (κ1) is 47.4. The number of aryl methyl sites for hydroxylation is 1. The maximum atomic E-state index is 17.2. The zero-order valence-corrected chi connectivity index (χ0v) is 41.2. The number of β-amino-alcohol motifs (C(OH)–C–C–N with tert-alkyl or cyclic N) is 1. The average molecular weight is 970 g/mol. The number of halogens is 2. The summed E-state index contributed by atoms with van der Waals surface area (Å²) in [6.07, 6.45) is 8.75. The van der Waals surface area contributed by atoms with Crippen molar-refractivity contribution in [3.05, 3.63) is 89.3 Å². The quantitative estimate of drug-likeness (QED) is 0.113. The Kier molecular flexibility index (Phi) is 12.2. The molecule has 3 N–H and O–H groups in total. The van der Waals surface area contributed by atoms with E-state index < -0.39 is 23.3 Å². The second-order valence-electron chi connectivity index (χ2n) is 22.1. The number of amides is 2. The minimum Gasteiger partial charge on any atom is -0.508 e. The van der Waals surface area contributed by atoms with Crippen molar-refractivity contribution in [1.82, 2.24) is 35.0 Å². The Morgan fingerprint density at radius 3 is 2.39 bits per heavy atom. The number of rotatable bonds is 12. The van der Waals surface area contributed by atoms with Gasteiger partial charge in [-0.25, -0.2) is 8.78 Å². The number of likely N-dealkylation sites (tertiary alicyclic amines) is 1. The first-order valence-electron chi connectivity index (χ1n) is 25.6. The molecule has 1 aliphatic carbocycles. The third-order valence-electron chi connectivity index (χ3n) is 16.4. The number of pyridine rings is 1. The first-order chi connectivity index (χ1) is 34.1. The number of ether oxygens (including phenoxy) is 1. The number of phenolic OH excluding ortho intramolecular Hbond substituents is 1. The number of aliphatic hydroxyl groups is 1. The van der Waals surface area contributed by atoms with Crippen molar-refractivity contribution in [3.8, 4) is 23.0 Å². The number of aromatic nitrogens is 3. The molecule has 7 heterocycles. The lowest BCUT2D eigenvalue weighted by atomic mass is 9.79. The van der Waals surface area contributed by atoms with Gasteiger partial charge in [0.15, 0.2) is 5.82 Å². The highest BCUT2D eigenvalue weighted by Gasteiger charge is 2.47. The van der Waals surface area contributed by atoms with Crippen molar-refractivity contribution < 1.29 is 33.3 Å². The smallest absolute Gasteiger partial charge is 0.319 e. The molecular weight excluding hydrogens is 905 g/mol. The minimum atomic E-state index is -0.965. The molecule has 4 saturated heterocycles. The van der Waals surface area contributed by atoms with E-state index in [9.17, 15) is 19.8 Å². The Morgan fingerprint density at radius 2 is 1.66 bits per heavy atom. The van der Waals surface area contributed by atoms with Crippen LogP contribution in [0.4, 0.5) is 20.3 Å². The zero-order valence-electron chi connectivity index (χ0n) is 41.2. The zero-order chi connectivity index (χ0) is 49.4. The van der Waals surface area contributed by atoms with Crippen LogP contribution in [-0.4, -0.2) is 135 Å². The van der Waals surface area contributed by atoms with Crippen LogP contribution in [0.15, 0.2) is 60.9 Å². The van der Waals surface area contributed by atoms with Crippen LogP contribution in [0.3, 0.4) is 0 Å². The standard InChI is InChI=1S/C55H65F2N9O5/c1-5-39-43(56)11-8-35-26-38(67)27-41(45(35)39)47-46(57)48-42(28-58-47)49(65-18-6-13-54(4,70)31-65)61-52(60-48)71-33-55(14-15-55)32-62-19-16-53(3,17-20-62)30-63-21-23-64(24-22-63)37-9-10-40-36(25-37)29-66(51(40)69)44-12-7-34(2)59-50(44)68/h8-11,25-28,44,67,70H,2,5-7,12-24,29-33H2,1,3-4H3,(H,59,68)/t44-,54+/m0/s1. The van der Waals surface area contributed by atoms with Gasteiger partial charge in [0.05, 0.1) is 17.6 Å². The molecular formula is C55H65F2N9O5. The lowest BCUT2D eigenvalue weighted by Crippen LogP contribution is -2.52. The van der Waals surface area contributed by atoms with Crippen molar-refractivity contribution in [2.24, 2.45) is 10.8 Å². The van der Waals surface area contributed by atoms with E-state index in [0.29, 0.717) is 90.7 Å². The molecule has 0 spiro atoms. The Labute approximate surface area is 413 Å².